The van der Waals surface area contributed by atoms with Crippen LogP contribution in [-0.4, -0.2) is 35.3 Å². The molecule has 2 rings (SSSR count). The lowest BCUT2D eigenvalue weighted by molar-refractivity contribution is -0.385. The number of hydrogen-bond donors (Lipinski definition) is 1. The fraction of sp³-hybridized carbons (Fsp3) is 0.417. The second kappa shape index (κ2) is 5.66. The molecular weight excluding hydrogens is 254 g/mol. The lowest BCUT2D eigenvalue weighted by Crippen LogP contribution is -2.17. The van der Waals surface area contributed by atoms with Crippen LogP contribution in [-0.2, 0) is 4.74 Å². The van der Waals surface area contributed by atoms with Crippen molar-refractivity contribution >= 4 is 11.7 Å². The Morgan fingerprint density at radius 2 is 2.37 bits per heavy atom. The molecule has 1 aliphatic rings. The molecule has 7 nitrogen and oxygen atoms in total. The number of aromatic carboxylic acids is 1. The molecule has 19 heavy (non-hydrogen) atoms. The first-order chi connectivity index (χ1) is 9.09. The van der Waals surface area contributed by atoms with E-state index in [-0.39, 0.29) is 18.5 Å². The summed E-state index contributed by atoms with van der Waals surface area (Å²) in [6.45, 7) is 0.857. The summed E-state index contributed by atoms with van der Waals surface area (Å²) in [5.41, 5.74) is -0.900. The molecule has 0 spiro atoms. The maximum Gasteiger partial charge on any atom is 0.346 e. The third-order valence-corrected chi connectivity index (χ3v) is 2.86. The van der Waals surface area contributed by atoms with Crippen molar-refractivity contribution < 1.29 is 24.3 Å². The summed E-state index contributed by atoms with van der Waals surface area (Å²) in [6.07, 6.45) is 1.70. The Morgan fingerprint density at radius 1 is 1.58 bits per heavy atom. The molecule has 102 valence electrons. The predicted molar refractivity (Wildman–Crippen MR) is 64.5 cm³/mol. The van der Waals surface area contributed by atoms with Gasteiger partial charge in [-0.25, -0.2) is 4.79 Å². The van der Waals surface area contributed by atoms with Gasteiger partial charge in [-0.3, -0.25) is 10.1 Å². The van der Waals surface area contributed by atoms with E-state index in [9.17, 15) is 14.9 Å². The monoisotopic (exact) mass is 267 g/mol. The molecule has 0 bridgehead atoms. The zero-order valence-corrected chi connectivity index (χ0v) is 10.1. The van der Waals surface area contributed by atoms with Crippen molar-refractivity contribution in [1.29, 1.82) is 0 Å². The van der Waals surface area contributed by atoms with E-state index < -0.39 is 22.1 Å². The van der Waals surface area contributed by atoms with E-state index in [0.717, 1.165) is 18.9 Å². The number of hydrogen-bond acceptors (Lipinski definition) is 5. The summed E-state index contributed by atoms with van der Waals surface area (Å²) in [4.78, 5) is 21.2. The molecule has 1 fully saturated rings. The van der Waals surface area contributed by atoms with Crippen LogP contribution in [0.2, 0.25) is 0 Å². The fourth-order valence-corrected chi connectivity index (χ4v) is 1.97. The van der Waals surface area contributed by atoms with Gasteiger partial charge in [-0.1, -0.05) is 6.07 Å². The molecule has 1 saturated heterocycles. The second-order valence-electron chi connectivity index (χ2n) is 4.16. The maximum atomic E-state index is 11.1. The second-order valence-corrected chi connectivity index (χ2v) is 4.16. The smallest absolute Gasteiger partial charge is 0.346 e. The average Bonchev–Trinajstić information content (AvgIpc) is 2.88. The van der Waals surface area contributed by atoms with E-state index in [1.165, 1.54) is 12.1 Å². The number of rotatable bonds is 5. The van der Waals surface area contributed by atoms with Crippen molar-refractivity contribution in [2.75, 3.05) is 13.2 Å². The number of carboxylic acid groups (broad SMARTS) is 1. The molecule has 1 heterocycles. The Bertz CT molecular complexity index is 495. The highest BCUT2D eigenvalue weighted by Gasteiger charge is 2.25. The molecule has 0 amide bonds. The van der Waals surface area contributed by atoms with Crippen LogP contribution in [0, 0.1) is 10.1 Å². The molecular formula is C12H13NO6. The Morgan fingerprint density at radius 3 is 2.95 bits per heavy atom. The van der Waals surface area contributed by atoms with Crippen molar-refractivity contribution in [3.05, 3.63) is 33.9 Å². The number of benzene rings is 1. The molecule has 1 atom stereocenters. The molecule has 1 unspecified atom stereocenters. The quantitative estimate of drug-likeness (QED) is 0.645. The van der Waals surface area contributed by atoms with Crippen LogP contribution >= 0.6 is 0 Å². The van der Waals surface area contributed by atoms with E-state index in [2.05, 4.69) is 0 Å². The summed E-state index contributed by atoms with van der Waals surface area (Å²) in [5.74, 6) is -1.38. The Balaban J connectivity index is 2.20. The lowest BCUT2D eigenvalue weighted by Gasteiger charge is -2.13. The Labute approximate surface area is 108 Å². The Hall–Kier alpha value is -2.15. The summed E-state index contributed by atoms with van der Waals surface area (Å²) in [7, 11) is 0. The maximum absolute atomic E-state index is 11.1. The van der Waals surface area contributed by atoms with Crippen LogP contribution in [0.25, 0.3) is 0 Å². The van der Waals surface area contributed by atoms with E-state index in [1.54, 1.807) is 0 Å². The van der Waals surface area contributed by atoms with Gasteiger partial charge in [0.05, 0.1) is 11.0 Å². The normalized spacial score (nSPS) is 18.2. The summed E-state index contributed by atoms with van der Waals surface area (Å²) in [5, 5.41) is 19.9. The van der Waals surface area contributed by atoms with Gasteiger partial charge in [0.2, 0.25) is 0 Å². The topological polar surface area (TPSA) is 98.9 Å². The fourth-order valence-electron chi connectivity index (χ4n) is 1.97. The third kappa shape index (κ3) is 3.00. The molecule has 1 aromatic carbocycles. The SMILES string of the molecule is O=C(O)c1c(OCC2CCCO2)cccc1[N+](=O)[O-]. The Kier molecular flexibility index (Phi) is 3.96. The molecule has 0 radical (unpaired) electrons. The van der Waals surface area contributed by atoms with Crippen LogP contribution in [0.15, 0.2) is 18.2 Å². The number of carbonyl (C=O) groups is 1. The number of nitro benzene ring substituents is 1. The largest absolute Gasteiger partial charge is 0.490 e. The summed E-state index contributed by atoms with van der Waals surface area (Å²) in [6, 6.07) is 3.95. The third-order valence-electron chi connectivity index (χ3n) is 2.86. The number of ether oxygens (including phenoxy) is 2. The molecule has 1 N–H and O–H groups in total. The van der Waals surface area contributed by atoms with E-state index in [0.29, 0.717) is 6.61 Å². The van der Waals surface area contributed by atoms with Crippen LogP contribution < -0.4 is 4.74 Å². The summed E-state index contributed by atoms with van der Waals surface area (Å²) < 4.78 is 10.7. The average molecular weight is 267 g/mol. The minimum absolute atomic E-state index is 0.00259. The van der Waals surface area contributed by atoms with Crippen molar-refractivity contribution in [2.24, 2.45) is 0 Å². The zero-order valence-electron chi connectivity index (χ0n) is 10.1. The van der Waals surface area contributed by atoms with Gasteiger partial charge in [-0.15, -0.1) is 0 Å². The van der Waals surface area contributed by atoms with Gasteiger partial charge in [0, 0.05) is 12.7 Å². The first-order valence-electron chi connectivity index (χ1n) is 5.84. The molecule has 1 aliphatic heterocycles. The van der Waals surface area contributed by atoms with Crippen LogP contribution in [0.4, 0.5) is 5.69 Å². The van der Waals surface area contributed by atoms with E-state index >= 15 is 0 Å². The van der Waals surface area contributed by atoms with E-state index in [4.69, 9.17) is 14.6 Å². The highest BCUT2D eigenvalue weighted by molar-refractivity contribution is 5.95. The molecule has 0 saturated carbocycles. The predicted octanol–water partition coefficient (Wildman–Crippen LogP) is 1.85. The van der Waals surface area contributed by atoms with Gasteiger partial charge in [-0.05, 0) is 18.9 Å². The van der Waals surface area contributed by atoms with Crippen molar-refractivity contribution in [2.45, 2.75) is 18.9 Å². The van der Waals surface area contributed by atoms with Gasteiger partial charge >= 0.3 is 5.97 Å². The number of nitrogens with zero attached hydrogens (tertiary/aromatic N) is 1. The first-order valence-corrected chi connectivity index (χ1v) is 5.84. The van der Waals surface area contributed by atoms with Crippen molar-refractivity contribution in [1.82, 2.24) is 0 Å². The lowest BCUT2D eigenvalue weighted by atomic mass is 10.1. The van der Waals surface area contributed by atoms with Crippen LogP contribution in [0.1, 0.15) is 23.2 Å². The van der Waals surface area contributed by atoms with E-state index in [1.807, 2.05) is 0 Å². The van der Waals surface area contributed by atoms with Gasteiger partial charge in [0.15, 0.2) is 5.56 Å². The first kappa shape index (κ1) is 13.3. The number of carboxylic acids is 1. The van der Waals surface area contributed by atoms with Gasteiger partial charge in [-0.2, -0.15) is 0 Å². The van der Waals surface area contributed by atoms with Crippen molar-refractivity contribution in [3.8, 4) is 5.75 Å². The molecule has 0 aliphatic carbocycles. The van der Waals surface area contributed by atoms with Gasteiger partial charge < -0.3 is 14.6 Å². The zero-order chi connectivity index (χ0) is 13.8. The summed E-state index contributed by atoms with van der Waals surface area (Å²) >= 11 is 0. The standard InChI is InChI=1S/C12H13NO6/c14-12(15)11-9(13(16)17)4-1-5-10(11)19-7-8-3-2-6-18-8/h1,4-5,8H,2-3,6-7H2,(H,14,15). The van der Waals surface area contributed by atoms with Gasteiger partial charge in [0.1, 0.15) is 12.4 Å². The highest BCUT2D eigenvalue weighted by Crippen LogP contribution is 2.28. The van der Waals surface area contributed by atoms with Crippen LogP contribution in [0.3, 0.4) is 0 Å². The van der Waals surface area contributed by atoms with Gasteiger partial charge in [0.25, 0.3) is 5.69 Å². The van der Waals surface area contributed by atoms with Crippen LogP contribution in [0.5, 0.6) is 5.75 Å². The minimum Gasteiger partial charge on any atom is -0.490 e. The molecule has 7 heteroatoms. The van der Waals surface area contributed by atoms with Crippen molar-refractivity contribution in [3.63, 3.8) is 0 Å². The highest BCUT2D eigenvalue weighted by atomic mass is 16.6. The number of nitro groups is 1. The molecule has 1 aromatic rings. The molecule has 0 aromatic heterocycles. The minimum atomic E-state index is -1.38.